The van der Waals surface area contributed by atoms with Gasteiger partial charge >= 0.3 is 0 Å². The molecule has 0 aliphatic carbocycles. The summed E-state index contributed by atoms with van der Waals surface area (Å²) in [6.07, 6.45) is 2.19. The maximum atomic E-state index is 7.20. The van der Waals surface area contributed by atoms with E-state index in [2.05, 4.69) is 14.7 Å². The molecule has 1 atom stereocenters. The van der Waals surface area contributed by atoms with Crippen LogP contribution in [-0.2, 0) is 0 Å². The number of hydrogen-bond donors (Lipinski definition) is 1. The van der Waals surface area contributed by atoms with E-state index >= 15 is 0 Å². The van der Waals surface area contributed by atoms with E-state index in [-0.39, 0.29) is 5.82 Å². The van der Waals surface area contributed by atoms with Gasteiger partial charge in [-0.2, -0.15) is 4.37 Å². The summed E-state index contributed by atoms with van der Waals surface area (Å²) in [5, 5.41) is 4.13. The lowest BCUT2D eigenvalue weighted by Crippen LogP contribution is -2.28. The van der Waals surface area contributed by atoms with Crippen LogP contribution >= 0.6 is 11.5 Å². The number of nitrogens with zero attached hydrogens (tertiary/aromatic N) is 2. The quantitative estimate of drug-likeness (QED) is 0.718. The van der Waals surface area contributed by atoms with Crippen molar-refractivity contribution in [2.75, 3.05) is 13.1 Å². The predicted molar refractivity (Wildman–Crippen MR) is 49.5 cm³/mol. The maximum absolute atomic E-state index is 7.20. The summed E-state index contributed by atoms with van der Waals surface area (Å²) < 4.78 is 25.5. The molecule has 3 nitrogen and oxygen atoms in total. The first-order chi connectivity index (χ1) is 7.07. The normalized spacial score (nSPS) is 29.0. The highest BCUT2D eigenvalue weighted by Gasteiger charge is 2.18. The summed E-state index contributed by atoms with van der Waals surface area (Å²) in [5.41, 5.74) is 0. The zero-order valence-electron chi connectivity index (χ0n) is 9.71. The van der Waals surface area contributed by atoms with E-state index in [0.29, 0.717) is 5.92 Å². The van der Waals surface area contributed by atoms with Crippen molar-refractivity contribution in [1.82, 2.24) is 14.7 Å². The number of hydrogen-bond acceptors (Lipinski definition) is 4. The first-order valence-corrected chi connectivity index (χ1v) is 4.89. The van der Waals surface area contributed by atoms with Crippen molar-refractivity contribution >= 4 is 11.5 Å². The minimum absolute atomic E-state index is 0.00641. The van der Waals surface area contributed by atoms with E-state index in [1.54, 1.807) is 0 Å². The fourth-order valence-corrected chi connectivity index (χ4v) is 2.16. The third-order valence-corrected chi connectivity index (χ3v) is 2.96. The molecule has 1 N–H and O–H groups in total. The highest BCUT2D eigenvalue weighted by molar-refractivity contribution is 7.05. The molecule has 0 amide bonds. The number of aromatic nitrogens is 2. The summed E-state index contributed by atoms with van der Waals surface area (Å²) in [5.74, 6) is 0.334. The monoisotopic (exact) mass is 186 g/mol. The number of aryl methyl sites for hydroxylation is 1. The minimum atomic E-state index is -2.17. The molecule has 0 saturated carbocycles. The molecule has 1 fully saturated rings. The zero-order chi connectivity index (χ0) is 10.9. The standard InChI is InChI=1S/C8H13N3S/c1-6-10-8(12-11-6)7-3-2-4-9-5-7/h7,9H,2-5H2,1H3/t7-/m0/s1/i1D3. The average molecular weight is 186 g/mol. The second-order valence-electron chi connectivity index (χ2n) is 3.00. The van der Waals surface area contributed by atoms with Crippen molar-refractivity contribution in [2.45, 2.75) is 25.6 Å². The number of rotatable bonds is 1. The lowest BCUT2D eigenvalue weighted by Gasteiger charge is -2.19. The topological polar surface area (TPSA) is 37.8 Å². The Morgan fingerprint density at radius 2 is 2.75 bits per heavy atom. The Hall–Kier alpha value is -0.480. The molecule has 1 aromatic rings. The van der Waals surface area contributed by atoms with Crippen LogP contribution in [-0.4, -0.2) is 22.4 Å². The summed E-state index contributed by atoms with van der Waals surface area (Å²) in [7, 11) is 0. The summed E-state index contributed by atoms with van der Waals surface area (Å²) >= 11 is 1.22. The number of nitrogens with one attached hydrogen (secondary N) is 1. The second kappa shape index (κ2) is 3.49. The SMILES string of the molecule is [2H]C([2H])([2H])c1nsc([C@H]2CCCNC2)n1. The van der Waals surface area contributed by atoms with Crippen LogP contribution in [0.3, 0.4) is 0 Å². The van der Waals surface area contributed by atoms with Gasteiger partial charge in [-0.3, -0.25) is 0 Å². The van der Waals surface area contributed by atoms with Gasteiger partial charge in [0.1, 0.15) is 10.8 Å². The van der Waals surface area contributed by atoms with Gasteiger partial charge in [0.2, 0.25) is 0 Å². The minimum Gasteiger partial charge on any atom is -0.316 e. The van der Waals surface area contributed by atoms with E-state index in [4.69, 9.17) is 4.11 Å². The van der Waals surface area contributed by atoms with Gasteiger partial charge in [-0.25, -0.2) is 4.98 Å². The second-order valence-corrected chi connectivity index (χ2v) is 3.78. The Labute approximate surface area is 80.6 Å². The van der Waals surface area contributed by atoms with Crippen LogP contribution in [0.4, 0.5) is 0 Å². The van der Waals surface area contributed by atoms with E-state index in [1.165, 1.54) is 11.5 Å². The van der Waals surface area contributed by atoms with Crippen molar-refractivity contribution in [2.24, 2.45) is 0 Å². The smallest absolute Gasteiger partial charge is 0.139 e. The van der Waals surface area contributed by atoms with Gasteiger partial charge in [0.25, 0.3) is 0 Å². The Morgan fingerprint density at radius 1 is 1.75 bits per heavy atom. The van der Waals surface area contributed by atoms with E-state index < -0.39 is 6.85 Å². The molecular weight excluding hydrogens is 170 g/mol. The summed E-state index contributed by atoms with van der Waals surface area (Å²) in [6, 6.07) is 0. The lowest BCUT2D eigenvalue weighted by molar-refractivity contribution is 0.460. The van der Waals surface area contributed by atoms with E-state index in [9.17, 15) is 0 Å². The molecule has 1 saturated heterocycles. The largest absolute Gasteiger partial charge is 0.316 e. The summed E-state index contributed by atoms with van der Waals surface area (Å²) in [4.78, 5) is 4.11. The van der Waals surface area contributed by atoms with E-state index in [1.807, 2.05) is 0 Å². The van der Waals surface area contributed by atoms with Gasteiger partial charge in [-0.05, 0) is 37.8 Å². The van der Waals surface area contributed by atoms with Crippen molar-refractivity contribution < 1.29 is 4.11 Å². The van der Waals surface area contributed by atoms with Crippen LogP contribution in [0.1, 0.15) is 33.7 Å². The molecule has 0 radical (unpaired) electrons. The van der Waals surface area contributed by atoms with Gasteiger partial charge in [0, 0.05) is 16.6 Å². The van der Waals surface area contributed by atoms with Gasteiger partial charge in [0.05, 0.1) is 0 Å². The predicted octanol–water partition coefficient (Wildman–Crippen LogP) is 1.31. The molecule has 1 aliphatic heterocycles. The highest BCUT2D eigenvalue weighted by Crippen LogP contribution is 2.23. The number of piperidine rings is 1. The molecule has 66 valence electrons. The highest BCUT2D eigenvalue weighted by atomic mass is 32.1. The maximum Gasteiger partial charge on any atom is 0.139 e. The molecule has 0 aromatic carbocycles. The van der Waals surface area contributed by atoms with Crippen molar-refractivity contribution in [3.8, 4) is 0 Å². The van der Waals surface area contributed by atoms with Gasteiger partial charge < -0.3 is 5.32 Å². The van der Waals surface area contributed by atoms with Crippen LogP contribution in [0.15, 0.2) is 0 Å². The third kappa shape index (κ3) is 1.64. The molecule has 1 aromatic heterocycles. The molecule has 1 aliphatic rings. The zero-order valence-corrected chi connectivity index (χ0v) is 7.52. The fourth-order valence-electron chi connectivity index (χ4n) is 1.46. The van der Waals surface area contributed by atoms with Gasteiger partial charge in [-0.15, -0.1) is 0 Å². The van der Waals surface area contributed by atoms with Crippen LogP contribution in [0, 0.1) is 6.85 Å². The molecule has 2 heterocycles. The Kier molecular flexibility index (Phi) is 1.54. The molecule has 2 rings (SSSR count). The fraction of sp³-hybridized carbons (Fsp3) is 0.750. The molecule has 12 heavy (non-hydrogen) atoms. The van der Waals surface area contributed by atoms with Crippen LogP contribution < -0.4 is 5.32 Å². The van der Waals surface area contributed by atoms with Crippen LogP contribution in [0.2, 0.25) is 0 Å². The Bertz CT molecular complexity index is 330. The lowest BCUT2D eigenvalue weighted by atomic mass is 10.0. The Morgan fingerprint density at radius 3 is 3.42 bits per heavy atom. The molecular formula is C8H13N3S. The summed E-state index contributed by atoms with van der Waals surface area (Å²) in [6.45, 7) is -0.242. The average Bonchev–Trinajstić information content (AvgIpc) is 2.67. The van der Waals surface area contributed by atoms with E-state index in [0.717, 1.165) is 30.9 Å². The van der Waals surface area contributed by atoms with Crippen molar-refractivity contribution in [3.05, 3.63) is 10.8 Å². The third-order valence-electron chi connectivity index (χ3n) is 2.09. The molecule has 0 unspecified atom stereocenters. The first kappa shape index (κ1) is 5.29. The van der Waals surface area contributed by atoms with Crippen LogP contribution in [0.25, 0.3) is 0 Å². The van der Waals surface area contributed by atoms with Crippen molar-refractivity contribution in [3.63, 3.8) is 0 Å². The molecule has 0 bridgehead atoms. The van der Waals surface area contributed by atoms with Crippen LogP contribution in [0.5, 0.6) is 0 Å². The molecule has 0 spiro atoms. The van der Waals surface area contributed by atoms with Gasteiger partial charge in [-0.1, -0.05) is 0 Å². The van der Waals surface area contributed by atoms with Crippen molar-refractivity contribution in [1.29, 1.82) is 0 Å². The first-order valence-electron chi connectivity index (χ1n) is 5.62. The van der Waals surface area contributed by atoms with Gasteiger partial charge in [0.15, 0.2) is 0 Å². The molecule has 4 heteroatoms. The Balaban J connectivity index is 2.12.